The molecule has 0 saturated carbocycles. The first-order valence-corrected chi connectivity index (χ1v) is 5.71. The summed E-state index contributed by atoms with van der Waals surface area (Å²) in [6.07, 6.45) is 0.599. The van der Waals surface area contributed by atoms with Crippen molar-refractivity contribution in [1.29, 1.82) is 0 Å². The summed E-state index contributed by atoms with van der Waals surface area (Å²) in [6.45, 7) is 3.90. The van der Waals surface area contributed by atoms with E-state index in [0.717, 1.165) is 0 Å². The first-order valence-electron chi connectivity index (χ1n) is 5.71. The maximum atomic E-state index is 12.7. The van der Waals surface area contributed by atoms with E-state index in [-0.39, 0.29) is 24.1 Å². The van der Waals surface area contributed by atoms with Gasteiger partial charge in [0.15, 0.2) is 0 Å². The lowest BCUT2D eigenvalue weighted by Gasteiger charge is -2.30. The van der Waals surface area contributed by atoms with Crippen LogP contribution in [-0.2, 0) is 0 Å². The summed E-state index contributed by atoms with van der Waals surface area (Å²) in [5.41, 5.74) is -0.362. The first-order chi connectivity index (χ1) is 7.99. The monoisotopic (exact) mass is 241 g/mol. The van der Waals surface area contributed by atoms with Crippen LogP contribution in [-0.4, -0.2) is 30.4 Å². The molecule has 0 fully saturated rings. The number of benzene rings is 1. The molecule has 2 N–H and O–H groups in total. The van der Waals surface area contributed by atoms with E-state index in [0.29, 0.717) is 12.2 Å². The summed E-state index contributed by atoms with van der Waals surface area (Å²) in [5, 5.41) is 12.3. The Morgan fingerprint density at radius 1 is 1.41 bits per heavy atom. The van der Waals surface area contributed by atoms with Crippen molar-refractivity contribution >= 4 is 0 Å². The third-order valence-corrected chi connectivity index (χ3v) is 2.84. The quantitative estimate of drug-likeness (QED) is 0.800. The normalized spacial score (nSPS) is 16.3. The Bertz CT molecular complexity index is 336. The minimum absolute atomic E-state index is 0.0423. The molecule has 0 amide bonds. The molecule has 1 aromatic carbocycles. The van der Waals surface area contributed by atoms with E-state index in [4.69, 9.17) is 4.74 Å². The summed E-state index contributed by atoms with van der Waals surface area (Å²) in [7, 11) is 1.81. The molecule has 0 aromatic heterocycles. The van der Waals surface area contributed by atoms with Gasteiger partial charge in [0, 0.05) is 12.0 Å². The molecule has 1 aromatic rings. The second kappa shape index (κ2) is 5.98. The molecule has 0 bridgehead atoms. The molecule has 2 unspecified atom stereocenters. The Kier molecular flexibility index (Phi) is 4.90. The number of halogens is 1. The fourth-order valence-corrected chi connectivity index (χ4v) is 1.67. The Morgan fingerprint density at radius 2 is 2.00 bits per heavy atom. The summed E-state index contributed by atoms with van der Waals surface area (Å²) < 4.78 is 18.4. The van der Waals surface area contributed by atoms with Gasteiger partial charge in [0.05, 0.1) is 12.7 Å². The standard InChI is InChI=1S/C13H20FNO2/c1-10(8-13(2,9-16)15-3)17-12-6-4-11(14)5-7-12/h4-7,10,15-16H,8-9H2,1-3H3. The van der Waals surface area contributed by atoms with Crippen molar-refractivity contribution in [3.8, 4) is 5.75 Å². The zero-order valence-electron chi connectivity index (χ0n) is 10.5. The fourth-order valence-electron chi connectivity index (χ4n) is 1.67. The maximum absolute atomic E-state index is 12.7. The highest BCUT2D eigenvalue weighted by Crippen LogP contribution is 2.18. The summed E-state index contributed by atoms with van der Waals surface area (Å²) in [5.74, 6) is 0.357. The van der Waals surface area contributed by atoms with Gasteiger partial charge in [-0.15, -0.1) is 0 Å². The van der Waals surface area contributed by atoms with Crippen LogP contribution in [0.4, 0.5) is 4.39 Å². The zero-order valence-corrected chi connectivity index (χ0v) is 10.5. The summed E-state index contributed by atoms with van der Waals surface area (Å²) >= 11 is 0. The van der Waals surface area contributed by atoms with Gasteiger partial charge in [-0.2, -0.15) is 0 Å². The molecule has 96 valence electrons. The number of hydrogen-bond acceptors (Lipinski definition) is 3. The Hall–Kier alpha value is -1.13. The molecule has 4 heteroatoms. The van der Waals surface area contributed by atoms with Crippen molar-refractivity contribution < 1.29 is 14.2 Å². The smallest absolute Gasteiger partial charge is 0.123 e. The van der Waals surface area contributed by atoms with Gasteiger partial charge < -0.3 is 15.2 Å². The number of nitrogens with one attached hydrogen (secondary N) is 1. The molecular formula is C13H20FNO2. The van der Waals surface area contributed by atoms with Crippen LogP contribution in [0.2, 0.25) is 0 Å². The van der Waals surface area contributed by atoms with Crippen LogP contribution in [0, 0.1) is 5.82 Å². The van der Waals surface area contributed by atoms with Crippen LogP contribution in [0.15, 0.2) is 24.3 Å². The van der Waals surface area contributed by atoms with Crippen molar-refractivity contribution in [2.45, 2.75) is 31.9 Å². The second-order valence-electron chi connectivity index (χ2n) is 4.56. The van der Waals surface area contributed by atoms with Crippen LogP contribution >= 0.6 is 0 Å². The molecule has 2 atom stereocenters. The molecule has 3 nitrogen and oxygen atoms in total. The van der Waals surface area contributed by atoms with Gasteiger partial charge in [0.1, 0.15) is 11.6 Å². The van der Waals surface area contributed by atoms with Crippen LogP contribution in [0.3, 0.4) is 0 Å². The van der Waals surface area contributed by atoms with Crippen molar-refractivity contribution in [3.05, 3.63) is 30.1 Å². The average molecular weight is 241 g/mol. The zero-order chi connectivity index (χ0) is 12.9. The number of aliphatic hydroxyl groups is 1. The van der Waals surface area contributed by atoms with Gasteiger partial charge in [-0.1, -0.05) is 0 Å². The third-order valence-electron chi connectivity index (χ3n) is 2.84. The highest BCUT2D eigenvalue weighted by molar-refractivity contribution is 5.22. The van der Waals surface area contributed by atoms with Gasteiger partial charge in [-0.3, -0.25) is 0 Å². The minimum atomic E-state index is -0.362. The van der Waals surface area contributed by atoms with Crippen LogP contribution in [0.25, 0.3) is 0 Å². The molecule has 0 aliphatic carbocycles. The van der Waals surface area contributed by atoms with Crippen LogP contribution in [0.1, 0.15) is 20.3 Å². The number of rotatable bonds is 6. The van der Waals surface area contributed by atoms with E-state index in [9.17, 15) is 9.50 Å². The second-order valence-corrected chi connectivity index (χ2v) is 4.56. The number of likely N-dealkylation sites (N-methyl/N-ethyl adjacent to an activating group) is 1. The predicted molar refractivity (Wildman–Crippen MR) is 65.7 cm³/mol. The van der Waals surface area contributed by atoms with Gasteiger partial charge in [-0.05, 0) is 45.2 Å². The van der Waals surface area contributed by atoms with Gasteiger partial charge >= 0.3 is 0 Å². The van der Waals surface area contributed by atoms with Crippen molar-refractivity contribution in [1.82, 2.24) is 5.32 Å². The van der Waals surface area contributed by atoms with Crippen LogP contribution in [0.5, 0.6) is 5.75 Å². The molecule has 0 spiro atoms. The number of aliphatic hydroxyl groups excluding tert-OH is 1. The molecule has 0 aliphatic rings. The van der Waals surface area contributed by atoms with Crippen molar-refractivity contribution in [2.24, 2.45) is 0 Å². The molecule has 17 heavy (non-hydrogen) atoms. The fraction of sp³-hybridized carbons (Fsp3) is 0.538. The summed E-state index contributed by atoms with van der Waals surface area (Å²) in [4.78, 5) is 0. The molecule has 0 saturated heterocycles. The minimum Gasteiger partial charge on any atom is -0.491 e. The lowest BCUT2D eigenvalue weighted by Crippen LogP contribution is -2.46. The van der Waals surface area contributed by atoms with Gasteiger partial charge in [-0.25, -0.2) is 4.39 Å². The Balaban J connectivity index is 2.54. The van der Waals surface area contributed by atoms with E-state index < -0.39 is 0 Å². The summed E-state index contributed by atoms with van der Waals surface area (Å²) in [6, 6.07) is 5.93. The van der Waals surface area contributed by atoms with Crippen molar-refractivity contribution in [3.63, 3.8) is 0 Å². The molecule has 0 radical (unpaired) electrons. The van der Waals surface area contributed by atoms with E-state index in [2.05, 4.69) is 5.32 Å². The van der Waals surface area contributed by atoms with Crippen molar-refractivity contribution in [2.75, 3.05) is 13.7 Å². The van der Waals surface area contributed by atoms with E-state index in [1.165, 1.54) is 12.1 Å². The van der Waals surface area contributed by atoms with Gasteiger partial charge in [0.25, 0.3) is 0 Å². The highest BCUT2D eigenvalue weighted by Gasteiger charge is 2.24. The largest absolute Gasteiger partial charge is 0.491 e. The topological polar surface area (TPSA) is 41.5 Å². The lowest BCUT2D eigenvalue weighted by molar-refractivity contribution is 0.115. The molecule has 1 rings (SSSR count). The lowest BCUT2D eigenvalue weighted by atomic mass is 9.96. The average Bonchev–Trinajstić information content (AvgIpc) is 2.32. The molecule has 0 heterocycles. The van der Waals surface area contributed by atoms with E-state index >= 15 is 0 Å². The number of hydrogen-bond donors (Lipinski definition) is 2. The van der Waals surface area contributed by atoms with Gasteiger partial charge in [0.2, 0.25) is 0 Å². The SMILES string of the molecule is CNC(C)(CO)CC(C)Oc1ccc(F)cc1. The highest BCUT2D eigenvalue weighted by atomic mass is 19.1. The maximum Gasteiger partial charge on any atom is 0.123 e. The van der Waals surface area contributed by atoms with Crippen LogP contribution < -0.4 is 10.1 Å². The molecular weight excluding hydrogens is 221 g/mol. The predicted octanol–water partition coefficient (Wildman–Crippen LogP) is 1.95. The first kappa shape index (κ1) is 13.9. The molecule has 0 aliphatic heterocycles. The number of ether oxygens (including phenoxy) is 1. The third kappa shape index (κ3) is 4.32. The Labute approximate surface area is 102 Å². The Morgan fingerprint density at radius 3 is 2.47 bits per heavy atom. The van der Waals surface area contributed by atoms with E-state index in [1.54, 1.807) is 19.2 Å². The van der Waals surface area contributed by atoms with E-state index in [1.807, 2.05) is 13.8 Å².